The van der Waals surface area contributed by atoms with Crippen LogP contribution in [0.15, 0.2) is 4.79 Å². The quantitative estimate of drug-likeness (QED) is 0.512. The van der Waals surface area contributed by atoms with E-state index < -0.39 is 5.56 Å². The molecule has 1 heterocycles. The second-order valence-corrected chi connectivity index (χ2v) is 1.72. The highest BCUT2D eigenvalue weighted by atomic mass is 35.5. The summed E-state index contributed by atoms with van der Waals surface area (Å²) in [5, 5.41) is 8.32. The fourth-order valence-corrected chi connectivity index (χ4v) is 0.414. The first-order valence-electron chi connectivity index (χ1n) is 2.08. The van der Waals surface area contributed by atoms with Crippen molar-refractivity contribution in [2.45, 2.75) is 0 Å². The van der Waals surface area contributed by atoms with Crippen LogP contribution in [-0.4, -0.2) is 15.4 Å². The normalized spacial score (nSPS) is 9.44. The van der Waals surface area contributed by atoms with Crippen molar-refractivity contribution in [2.75, 3.05) is 5.73 Å². The molecular formula is C3H3ClN4O. The van der Waals surface area contributed by atoms with Gasteiger partial charge in [-0.15, -0.1) is 5.10 Å². The van der Waals surface area contributed by atoms with Gasteiger partial charge in [0.15, 0.2) is 10.8 Å². The van der Waals surface area contributed by atoms with Crippen LogP contribution in [0, 0.1) is 0 Å². The van der Waals surface area contributed by atoms with Crippen molar-refractivity contribution in [3.05, 3.63) is 15.4 Å². The average Bonchev–Trinajstić information content (AvgIpc) is 1.83. The smallest absolute Gasteiger partial charge is 0.288 e. The fourth-order valence-electron chi connectivity index (χ4n) is 0.334. The van der Waals surface area contributed by atoms with Crippen LogP contribution in [0.3, 0.4) is 0 Å². The summed E-state index contributed by atoms with van der Waals surface area (Å²) in [7, 11) is 0. The molecule has 0 aromatic carbocycles. The standard InChI is InChI=1S/C3H3ClN4O/c4-1-2(5)6-8-7-3(1)9/h(H3,5,6,7,9). The Morgan fingerprint density at radius 3 is 2.78 bits per heavy atom. The minimum absolute atomic E-state index is 0.0552. The largest absolute Gasteiger partial charge is 0.381 e. The van der Waals surface area contributed by atoms with Gasteiger partial charge in [-0.1, -0.05) is 16.8 Å². The topological polar surface area (TPSA) is 84.7 Å². The van der Waals surface area contributed by atoms with Crippen LogP contribution < -0.4 is 11.3 Å². The van der Waals surface area contributed by atoms with Crippen molar-refractivity contribution >= 4 is 17.4 Å². The van der Waals surface area contributed by atoms with Gasteiger partial charge in [0.25, 0.3) is 5.56 Å². The summed E-state index contributed by atoms with van der Waals surface area (Å²) in [5.41, 5.74) is 4.57. The summed E-state index contributed by atoms with van der Waals surface area (Å²) in [6, 6.07) is 0. The molecule has 0 bridgehead atoms. The Morgan fingerprint density at radius 1 is 1.67 bits per heavy atom. The van der Waals surface area contributed by atoms with Crippen LogP contribution in [0.1, 0.15) is 0 Å². The second-order valence-electron chi connectivity index (χ2n) is 1.34. The van der Waals surface area contributed by atoms with Crippen LogP contribution in [0.4, 0.5) is 5.82 Å². The van der Waals surface area contributed by atoms with E-state index in [0.717, 1.165) is 0 Å². The maximum absolute atomic E-state index is 10.5. The summed E-state index contributed by atoms with van der Waals surface area (Å²) in [6.07, 6.45) is 0. The molecule has 3 N–H and O–H groups in total. The zero-order chi connectivity index (χ0) is 6.85. The second kappa shape index (κ2) is 2.02. The Labute approximate surface area is 54.8 Å². The molecule has 0 aliphatic rings. The van der Waals surface area contributed by atoms with E-state index >= 15 is 0 Å². The maximum Gasteiger partial charge on any atom is 0.288 e. The third-order valence-corrected chi connectivity index (χ3v) is 1.10. The molecule has 0 amide bonds. The van der Waals surface area contributed by atoms with E-state index in [-0.39, 0.29) is 10.8 Å². The van der Waals surface area contributed by atoms with Gasteiger partial charge < -0.3 is 5.73 Å². The molecule has 0 radical (unpaired) electrons. The van der Waals surface area contributed by atoms with Gasteiger partial charge in [-0.05, 0) is 0 Å². The lowest BCUT2D eigenvalue weighted by atomic mass is 10.6. The average molecular weight is 147 g/mol. The molecule has 0 aliphatic heterocycles. The first kappa shape index (κ1) is 6.03. The molecule has 0 unspecified atom stereocenters. The molecule has 1 aromatic rings. The lowest BCUT2D eigenvalue weighted by Crippen LogP contribution is -2.12. The predicted molar refractivity (Wildman–Crippen MR) is 32.1 cm³/mol. The number of aromatic amines is 1. The monoisotopic (exact) mass is 146 g/mol. The molecule has 1 rings (SSSR count). The number of nitrogens with one attached hydrogen (secondary N) is 1. The number of hydrogen-bond donors (Lipinski definition) is 2. The number of halogens is 1. The Balaban J connectivity index is 3.43. The minimum Gasteiger partial charge on any atom is -0.381 e. The highest BCUT2D eigenvalue weighted by molar-refractivity contribution is 6.32. The maximum atomic E-state index is 10.5. The summed E-state index contributed by atoms with van der Waals surface area (Å²) in [4.78, 5) is 10.5. The molecule has 9 heavy (non-hydrogen) atoms. The van der Waals surface area contributed by atoms with Gasteiger partial charge >= 0.3 is 0 Å². The van der Waals surface area contributed by atoms with Gasteiger partial charge in [0.2, 0.25) is 0 Å². The van der Waals surface area contributed by atoms with Crippen molar-refractivity contribution < 1.29 is 0 Å². The van der Waals surface area contributed by atoms with Gasteiger partial charge in [0, 0.05) is 0 Å². The number of rotatable bonds is 0. The number of aromatic nitrogens is 3. The van der Waals surface area contributed by atoms with Crippen LogP contribution in [0.2, 0.25) is 5.02 Å². The van der Waals surface area contributed by atoms with Crippen LogP contribution in [0.5, 0.6) is 0 Å². The fraction of sp³-hybridized carbons (Fsp3) is 0. The molecule has 0 fully saturated rings. The Bertz CT molecular complexity index is 269. The number of nitrogen functional groups attached to an aromatic ring is 1. The van der Waals surface area contributed by atoms with Crippen molar-refractivity contribution in [1.82, 2.24) is 15.4 Å². The van der Waals surface area contributed by atoms with Crippen molar-refractivity contribution in [3.63, 3.8) is 0 Å². The molecule has 6 heteroatoms. The van der Waals surface area contributed by atoms with Crippen molar-refractivity contribution in [3.8, 4) is 0 Å². The lowest BCUT2D eigenvalue weighted by molar-refractivity contribution is 0.849. The molecule has 0 saturated heterocycles. The van der Waals surface area contributed by atoms with E-state index in [0.29, 0.717) is 0 Å². The van der Waals surface area contributed by atoms with Crippen LogP contribution in [-0.2, 0) is 0 Å². The molecule has 5 nitrogen and oxygen atoms in total. The molecule has 1 aromatic heterocycles. The van der Waals surface area contributed by atoms with Gasteiger partial charge in [-0.3, -0.25) is 4.79 Å². The summed E-state index contributed by atoms with van der Waals surface area (Å²) in [5.74, 6) is -0.0552. The number of hydrogen-bond acceptors (Lipinski definition) is 4. The highest BCUT2D eigenvalue weighted by Gasteiger charge is 1.99. The van der Waals surface area contributed by atoms with Gasteiger partial charge in [-0.25, -0.2) is 5.10 Å². The number of H-pyrrole nitrogens is 1. The zero-order valence-corrected chi connectivity index (χ0v) is 5.01. The van der Waals surface area contributed by atoms with E-state index in [1.54, 1.807) is 0 Å². The van der Waals surface area contributed by atoms with E-state index in [9.17, 15) is 4.79 Å². The third kappa shape index (κ3) is 0.996. The summed E-state index contributed by atoms with van der Waals surface area (Å²) < 4.78 is 0. The molecule has 0 spiro atoms. The van der Waals surface area contributed by atoms with Crippen LogP contribution in [0.25, 0.3) is 0 Å². The third-order valence-electron chi connectivity index (χ3n) is 0.734. The Kier molecular flexibility index (Phi) is 1.35. The summed E-state index contributed by atoms with van der Waals surface area (Å²) >= 11 is 5.31. The Morgan fingerprint density at radius 2 is 2.33 bits per heavy atom. The first-order chi connectivity index (χ1) is 4.22. The summed E-state index contributed by atoms with van der Waals surface area (Å²) in [6.45, 7) is 0. The van der Waals surface area contributed by atoms with Crippen molar-refractivity contribution in [2.24, 2.45) is 0 Å². The molecular weight excluding hydrogens is 144 g/mol. The first-order valence-corrected chi connectivity index (χ1v) is 2.46. The minimum atomic E-state index is -0.524. The van der Waals surface area contributed by atoms with E-state index in [1.165, 1.54) is 0 Å². The lowest BCUT2D eigenvalue weighted by Gasteiger charge is -1.88. The van der Waals surface area contributed by atoms with Gasteiger partial charge in [0.1, 0.15) is 0 Å². The number of nitrogens with two attached hydrogens (primary N) is 1. The zero-order valence-electron chi connectivity index (χ0n) is 4.26. The molecule has 0 aliphatic carbocycles. The molecule has 0 saturated carbocycles. The molecule has 48 valence electrons. The van der Waals surface area contributed by atoms with Crippen LogP contribution >= 0.6 is 11.6 Å². The van der Waals surface area contributed by atoms with E-state index in [2.05, 4.69) is 10.3 Å². The van der Waals surface area contributed by atoms with Gasteiger partial charge in [0.05, 0.1) is 0 Å². The van der Waals surface area contributed by atoms with E-state index in [4.69, 9.17) is 17.3 Å². The molecule has 0 atom stereocenters. The van der Waals surface area contributed by atoms with Crippen molar-refractivity contribution in [1.29, 1.82) is 0 Å². The number of anilines is 1. The van der Waals surface area contributed by atoms with E-state index in [1.807, 2.05) is 5.10 Å². The van der Waals surface area contributed by atoms with Gasteiger partial charge in [-0.2, -0.15) is 0 Å². The number of nitrogens with zero attached hydrogens (tertiary/aromatic N) is 2. The Hall–Kier alpha value is -1.10. The SMILES string of the molecule is Nc1nn[nH]c(=O)c1Cl. The highest BCUT2D eigenvalue weighted by Crippen LogP contribution is 2.04. The predicted octanol–water partition coefficient (Wildman–Crippen LogP) is -0.600.